The summed E-state index contributed by atoms with van der Waals surface area (Å²) in [5.74, 6) is -0.744. The maximum absolute atomic E-state index is 13.5. The summed E-state index contributed by atoms with van der Waals surface area (Å²) >= 11 is 0. The van der Waals surface area contributed by atoms with Gasteiger partial charge in [0, 0.05) is 19.0 Å². The van der Waals surface area contributed by atoms with Crippen molar-refractivity contribution in [1.82, 2.24) is 15.5 Å². The third kappa shape index (κ3) is 7.19. The Kier molecular flexibility index (Phi) is 8.35. The smallest absolute Gasteiger partial charge is 0.408 e. The molecule has 33 heavy (non-hydrogen) atoms. The van der Waals surface area contributed by atoms with Gasteiger partial charge in [-0.1, -0.05) is 43.2 Å². The van der Waals surface area contributed by atoms with Gasteiger partial charge in [0.1, 0.15) is 11.6 Å². The van der Waals surface area contributed by atoms with Gasteiger partial charge in [0.25, 0.3) is 5.91 Å². The first-order valence-corrected chi connectivity index (χ1v) is 12.0. The number of alkyl carbamates (subject to hydrolysis) is 1. The highest BCUT2D eigenvalue weighted by Gasteiger charge is 2.40. The SMILES string of the molecule is CC(C)(C)OC(=O)N[C@@H](Cc1ccccc1)C(=O)N1CCCC1C(O)C(=O)NC1CCCC1. The second-order valence-corrected chi connectivity index (χ2v) is 10.1. The van der Waals surface area contributed by atoms with Crippen LogP contribution >= 0.6 is 0 Å². The summed E-state index contributed by atoms with van der Waals surface area (Å²) in [7, 11) is 0. The lowest BCUT2D eigenvalue weighted by Crippen LogP contribution is -2.56. The molecule has 8 nitrogen and oxygen atoms in total. The van der Waals surface area contributed by atoms with E-state index in [9.17, 15) is 19.5 Å². The molecule has 1 aromatic carbocycles. The largest absolute Gasteiger partial charge is 0.444 e. The number of carbonyl (C=O) groups is 3. The van der Waals surface area contributed by atoms with Gasteiger partial charge in [0.2, 0.25) is 5.91 Å². The second-order valence-electron chi connectivity index (χ2n) is 10.1. The Bertz CT molecular complexity index is 817. The molecule has 3 N–H and O–H groups in total. The van der Waals surface area contributed by atoms with Crippen LogP contribution in [-0.4, -0.2) is 64.3 Å². The van der Waals surface area contributed by atoms with Crippen molar-refractivity contribution in [3.63, 3.8) is 0 Å². The number of rotatable bonds is 7. The molecule has 0 aromatic heterocycles. The first-order chi connectivity index (χ1) is 15.6. The third-order valence-corrected chi connectivity index (χ3v) is 6.19. The van der Waals surface area contributed by atoms with Crippen molar-refractivity contribution < 1.29 is 24.2 Å². The van der Waals surface area contributed by atoms with Gasteiger partial charge in [0.15, 0.2) is 6.10 Å². The lowest BCUT2D eigenvalue weighted by atomic mass is 10.0. The first-order valence-electron chi connectivity index (χ1n) is 12.0. The molecule has 1 aromatic rings. The zero-order valence-electron chi connectivity index (χ0n) is 19.9. The Morgan fingerprint density at radius 3 is 2.39 bits per heavy atom. The molecular formula is C25H37N3O5. The number of carbonyl (C=O) groups excluding carboxylic acids is 3. The van der Waals surface area contributed by atoms with Crippen molar-refractivity contribution in [2.45, 2.75) is 95.5 Å². The minimum absolute atomic E-state index is 0.0948. The average molecular weight is 460 g/mol. The highest BCUT2D eigenvalue weighted by atomic mass is 16.6. The maximum Gasteiger partial charge on any atom is 0.408 e. The fraction of sp³-hybridized carbons (Fsp3) is 0.640. The highest BCUT2D eigenvalue weighted by Crippen LogP contribution is 2.24. The van der Waals surface area contributed by atoms with Crippen molar-refractivity contribution in [2.24, 2.45) is 0 Å². The Hall–Kier alpha value is -2.61. The molecule has 2 fully saturated rings. The van der Waals surface area contributed by atoms with E-state index >= 15 is 0 Å². The predicted octanol–water partition coefficient (Wildman–Crippen LogP) is 2.53. The fourth-order valence-corrected chi connectivity index (χ4v) is 4.63. The van der Waals surface area contributed by atoms with E-state index in [0.717, 1.165) is 31.2 Å². The number of benzene rings is 1. The Balaban J connectivity index is 1.72. The van der Waals surface area contributed by atoms with Crippen LogP contribution in [0.3, 0.4) is 0 Å². The molecule has 0 bridgehead atoms. The van der Waals surface area contributed by atoms with Crippen LogP contribution in [0.25, 0.3) is 0 Å². The molecule has 1 saturated carbocycles. The monoisotopic (exact) mass is 459 g/mol. The van der Waals surface area contributed by atoms with E-state index < -0.39 is 35.8 Å². The Morgan fingerprint density at radius 1 is 1.09 bits per heavy atom. The van der Waals surface area contributed by atoms with Crippen LogP contribution in [0.4, 0.5) is 4.79 Å². The molecule has 2 aliphatic rings. The van der Waals surface area contributed by atoms with Gasteiger partial charge in [0.05, 0.1) is 6.04 Å². The minimum atomic E-state index is -1.30. The molecule has 3 amide bonds. The quantitative estimate of drug-likeness (QED) is 0.581. The molecule has 1 aliphatic heterocycles. The molecule has 8 heteroatoms. The number of ether oxygens (including phenoxy) is 1. The number of hydrogen-bond acceptors (Lipinski definition) is 5. The molecule has 182 valence electrons. The minimum Gasteiger partial charge on any atom is -0.444 e. The molecule has 1 saturated heterocycles. The maximum atomic E-state index is 13.5. The van der Waals surface area contributed by atoms with Crippen molar-refractivity contribution in [3.8, 4) is 0 Å². The van der Waals surface area contributed by atoms with Gasteiger partial charge in [-0.05, 0) is 52.0 Å². The highest BCUT2D eigenvalue weighted by molar-refractivity contribution is 5.88. The number of hydrogen-bond donors (Lipinski definition) is 3. The van der Waals surface area contributed by atoms with E-state index in [1.54, 1.807) is 25.7 Å². The van der Waals surface area contributed by atoms with Crippen LogP contribution in [0.15, 0.2) is 30.3 Å². The Morgan fingerprint density at radius 2 is 1.76 bits per heavy atom. The first kappa shape index (κ1) is 25.0. The van der Waals surface area contributed by atoms with Crippen LogP contribution < -0.4 is 10.6 Å². The van der Waals surface area contributed by atoms with E-state index in [1.165, 1.54) is 0 Å². The normalized spacial score (nSPS) is 20.8. The number of aliphatic hydroxyl groups excluding tert-OH is 1. The summed E-state index contributed by atoms with van der Waals surface area (Å²) in [4.78, 5) is 40.2. The van der Waals surface area contributed by atoms with Crippen LogP contribution in [0, 0.1) is 0 Å². The number of likely N-dealkylation sites (tertiary alicyclic amines) is 1. The lowest BCUT2D eigenvalue weighted by Gasteiger charge is -2.32. The number of nitrogens with one attached hydrogen (secondary N) is 2. The van der Waals surface area contributed by atoms with Gasteiger partial charge in [-0.3, -0.25) is 9.59 Å². The van der Waals surface area contributed by atoms with Gasteiger partial charge >= 0.3 is 6.09 Å². The molecule has 0 spiro atoms. The number of nitrogens with zero attached hydrogens (tertiary/aromatic N) is 1. The van der Waals surface area contributed by atoms with Crippen LogP contribution in [0.5, 0.6) is 0 Å². The lowest BCUT2D eigenvalue weighted by molar-refractivity contribution is -0.141. The van der Waals surface area contributed by atoms with E-state index in [2.05, 4.69) is 10.6 Å². The molecule has 0 radical (unpaired) electrons. The molecule has 3 rings (SSSR count). The van der Waals surface area contributed by atoms with E-state index in [0.29, 0.717) is 19.4 Å². The van der Waals surface area contributed by atoms with Crippen LogP contribution in [0.2, 0.25) is 0 Å². The van der Waals surface area contributed by atoms with Crippen molar-refractivity contribution in [2.75, 3.05) is 6.54 Å². The molecule has 1 aliphatic carbocycles. The summed E-state index contributed by atoms with van der Waals surface area (Å²) in [6, 6.07) is 8.03. The standard InChI is InChI=1S/C25H37N3O5/c1-25(2,3)33-24(32)27-19(16-17-10-5-4-6-11-17)23(31)28-15-9-14-20(28)21(29)22(30)26-18-12-7-8-13-18/h4-6,10-11,18-21,29H,7-9,12-16H2,1-3H3,(H,26,30)(H,27,32)/t19-,20?,21?/m0/s1. The van der Waals surface area contributed by atoms with Crippen molar-refractivity contribution >= 4 is 17.9 Å². The van der Waals surface area contributed by atoms with Gasteiger partial charge < -0.3 is 25.4 Å². The number of amides is 3. The molecule has 1 heterocycles. The predicted molar refractivity (Wildman–Crippen MR) is 124 cm³/mol. The van der Waals surface area contributed by atoms with Crippen molar-refractivity contribution in [3.05, 3.63) is 35.9 Å². The average Bonchev–Trinajstić information content (AvgIpc) is 3.43. The van der Waals surface area contributed by atoms with Crippen LogP contribution in [0.1, 0.15) is 64.9 Å². The summed E-state index contributed by atoms with van der Waals surface area (Å²) in [5.41, 5.74) is 0.192. The second kappa shape index (κ2) is 11.0. The fourth-order valence-electron chi connectivity index (χ4n) is 4.63. The summed E-state index contributed by atoms with van der Waals surface area (Å²) in [6.45, 7) is 5.71. The van der Waals surface area contributed by atoms with Crippen LogP contribution in [-0.2, 0) is 20.7 Å². The van der Waals surface area contributed by atoms with E-state index in [-0.39, 0.29) is 18.4 Å². The van der Waals surface area contributed by atoms with E-state index in [1.807, 2.05) is 30.3 Å². The van der Waals surface area contributed by atoms with Gasteiger partial charge in [-0.15, -0.1) is 0 Å². The molecular weight excluding hydrogens is 422 g/mol. The van der Waals surface area contributed by atoms with Crippen molar-refractivity contribution in [1.29, 1.82) is 0 Å². The Labute approximate surface area is 196 Å². The van der Waals surface area contributed by atoms with Gasteiger partial charge in [-0.2, -0.15) is 0 Å². The van der Waals surface area contributed by atoms with E-state index in [4.69, 9.17) is 4.74 Å². The molecule has 2 unspecified atom stereocenters. The summed E-state index contributed by atoms with van der Waals surface area (Å²) in [6.07, 6.45) is 3.54. The topological polar surface area (TPSA) is 108 Å². The summed E-state index contributed by atoms with van der Waals surface area (Å²) < 4.78 is 5.37. The third-order valence-electron chi connectivity index (χ3n) is 6.19. The summed E-state index contributed by atoms with van der Waals surface area (Å²) in [5, 5.41) is 16.4. The number of aliphatic hydroxyl groups is 1. The van der Waals surface area contributed by atoms with Gasteiger partial charge in [-0.25, -0.2) is 4.79 Å². The molecule has 3 atom stereocenters. The zero-order chi connectivity index (χ0) is 24.0. The zero-order valence-corrected chi connectivity index (χ0v) is 19.9.